The topological polar surface area (TPSA) is 67.6 Å². The summed E-state index contributed by atoms with van der Waals surface area (Å²) in [5, 5.41) is 7.01. The molecule has 3 atom stereocenters. The largest absolute Gasteiger partial charge is 0.377 e. The maximum atomic E-state index is 12.0. The van der Waals surface area contributed by atoms with E-state index in [9.17, 15) is 4.79 Å². The molecular weight excluding hydrogens is 306 g/mol. The molecule has 2 saturated heterocycles. The molecule has 1 N–H and O–H groups in total. The highest BCUT2D eigenvalue weighted by Crippen LogP contribution is 2.36. The van der Waals surface area contributed by atoms with E-state index >= 15 is 0 Å². The number of aryl methyl sites for hydroxylation is 2. The zero-order chi connectivity index (χ0) is 17.3. The van der Waals surface area contributed by atoms with Gasteiger partial charge in [0.05, 0.1) is 24.8 Å². The van der Waals surface area contributed by atoms with Gasteiger partial charge in [0.1, 0.15) is 5.76 Å². The van der Waals surface area contributed by atoms with Gasteiger partial charge in [0.25, 0.3) is 0 Å². The summed E-state index contributed by atoms with van der Waals surface area (Å²) in [5.41, 5.74) is 2.20. The molecule has 6 heteroatoms. The Kier molecular flexibility index (Phi) is 5.25. The maximum Gasteiger partial charge on any atom is 0.222 e. The van der Waals surface area contributed by atoms with Crippen molar-refractivity contribution in [3.8, 4) is 0 Å². The molecule has 6 nitrogen and oxygen atoms in total. The fourth-order valence-corrected chi connectivity index (χ4v) is 4.03. The highest BCUT2D eigenvalue weighted by atomic mass is 16.5. The number of hydrogen-bond acceptors (Lipinski definition) is 5. The lowest BCUT2D eigenvalue weighted by atomic mass is 9.83. The number of ether oxygens (including phenoxy) is 1. The second kappa shape index (κ2) is 7.23. The molecule has 0 spiro atoms. The van der Waals surface area contributed by atoms with Crippen LogP contribution in [-0.2, 0) is 16.1 Å². The van der Waals surface area contributed by atoms with Crippen LogP contribution in [0.3, 0.4) is 0 Å². The average Bonchev–Trinajstić information content (AvgIpc) is 3.04. The molecule has 0 aromatic carbocycles. The zero-order valence-electron chi connectivity index (χ0n) is 15.2. The van der Waals surface area contributed by atoms with Gasteiger partial charge in [-0.25, -0.2) is 0 Å². The Morgan fingerprint density at radius 1 is 1.42 bits per heavy atom. The van der Waals surface area contributed by atoms with Crippen LogP contribution >= 0.6 is 0 Å². The third-order valence-electron chi connectivity index (χ3n) is 5.28. The molecule has 1 amide bonds. The summed E-state index contributed by atoms with van der Waals surface area (Å²) in [6, 6.07) is 0.187. The lowest BCUT2D eigenvalue weighted by Crippen LogP contribution is -2.42. The number of carbonyl (C=O) groups excluding carboxylic acids is 1. The first-order chi connectivity index (χ1) is 11.4. The Morgan fingerprint density at radius 3 is 2.88 bits per heavy atom. The van der Waals surface area contributed by atoms with Crippen LogP contribution in [-0.4, -0.2) is 47.8 Å². The van der Waals surface area contributed by atoms with Crippen LogP contribution in [0, 0.1) is 25.7 Å². The molecule has 0 unspecified atom stereocenters. The summed E-state index contributed by atoms with van der Waals surface area (Å²) in [7, 11) is 0. The fourth-order valence-electron chi connectivity index (χ4n) is 4.03. The van der Waals surface area contributed by atoms with Crippen LogP contribution in [0.4, 0.5) is 0 Å². The van der Waals surface area contributed by atoms with Gasteiger partial charge in [0, 0.05) is 30.6 Å². The van der Waals surface area contributed by atoms with Crippen molar-refractivity contribution in [2.24, 2.45) is 11.8 Å². The van der Waals surface area contributed by atoms with Crippen molar-refractivity contribution in [3.05, 3.63) is 17.0 Å². The summed E-state index contributed by atoms with van der Waals surface area (Å²) in [5.74, 6) is 2.05. The first-order valence-corrected chi connectivity index (χ1v) is 8.99. The van der Waals surface area contributed by atoms with Crippen LogP contribution in [0.25, 0.3) is 0 Å². The van der Waals surface area contributed by atoms with E-state index in [-0.39, 0.29) is 18.1 Å². The normalized spacial score (nSPS) is 27.5. The molecule has 3 heterocycles. The highest BCUT2D eigenvalue weighted by Gasteiger charge is 2.41. The Hall–Kier alpha value is -1.40. The molecule has 1 aromatic heterocycles. The van der Waals surface area contributed by atoms with Gasteiger partial charge in [-0.2, -0.15) is 0 Å². The van der Waals surface area contributed by atoms with Gasteiger partial charge < -0.3 is 14.6 Å². The van der Waals surface area contributed by atoms with Gasteiger partial charge in [-0.15, -0.1) is 0 Å². The minimum absolute atomic E-state index is 0.0787. The fraction of sp³-hybridized carbons (Fsp3) is 0.778. The van der Waals surface area contributed by atoms with Gasteiger partial charge in [0.2, 0.25) is 5.91 Å². The third-order valence-corrected chi connectivity index (χ3v) is 5.28. The number of fused-ring (bicyclic) bond motifs is 1. The van der Waals surface area contributed by atoms with Crippen molar-refractivity contribution < 1.29 is 14.1 Å². The monoisotopic (exact) mass is 335 g/mol. The first-order valence-electron chi connectivity index (χ1n) is 8.99. The molecule has 0 saturated carbocycles. The predicted octanol–water partition coefficient (Wildman–Crippen LogP) is 2.04. The van der Waals surface area contributed by atoms with E-state index in [1.54, 1.807) is 0 Å². The minimum Gasteiger partial charge on any atom is -0.377 e. The zero-order valence-corrected chi connectivity index (χ0v) is 15.2. The summed E-state index contributed by atoms with van der Waals surface area (Å²) in [4.78, 5) is 14.5. The smallest absolute Gasteiger partial charge is 0.222 e. The highest BCUT2D eigenvalue weighted by molar-refractivity contribution is 5.76. The van der Waals surface area contributed by atoms with Gasteiger partial charge >= 0.3 is 0 Å². The standard InChI is InChI=1S/C18H29N3O3/c1-11(2)19-18(22)7-17-15-5-6-21(8-14(15)10-23-17)9-16-12(3)20-24-13(16)4/h11,14-15,17H,5-10H2,1-4H3,(H,19,22)/t14-,15-,17+/m1/s1. The maximum absolute atomic E-state index is 12.0. The van der Waals surface area contributed by atoms with Crippen molar-refractivity contribution in [2.45, 2.75) is 59.2 Å². The Labute approximate surface area is 143 Å². The second-order valence-corrected chi connectivity index (χ2v) is 7.55. The van der Waals surface area contributed by atoms with Crippen molar-refractivity contribution in [1.82, 2.24) is 15.4 Å². The molecule has 0 bridgehead atoms. The van der Waals surface area contributed by atoms with Crippen LogP contribution in [0.2, 0.25) is 0 Å². The van der Waals surface area contributed by atoms with Gasteiger partial charge in [0.15, 0.2) is 0 Å². The Morgan fingerprint density at radius 2 is 2.21 bits per heavy atom. The summed E-state index contributed by atoms with van der Waals surface area (Å²) < 4.78 is 11.2. The molecule has 2 fully saturated rings. The van der Waals surface area contributed by atoms with Crippen molar-refractivity contribution in [2.75, 3.05) is 19.7 Å². The number of nitrogens with one attached hydrogen (secondary N) is 1. The van der Waals surface area contributed by atoms with E-state index in [0.717, 1.165) is 44.1 Å². The van der Waals surface area contributed by atoms with E-state index in [1.165, 1.54) is 5.56 Å². The van der Waals surface area contributed by atoms with Gasteiger partial charge in [-0.1, -0.05) is 5.16 Å². The molecule has 2 aliphatic heterocycles. The summed E-state index contributed by atoms with van der Waals surface area (Å²) in [6.07, 6.45) is 1.66. The van der Waals surface area contributed by atoms with E-state index in [1.807, 2.05) is 27.7 Å². The van der Waals surface area contributed by atoms with Crippen molar-refractivity contribution in [1.29, 1.82) is 0 Å². The lowest BCUT2D eigenvalue weighted by molar-refractivity contribution is -0.124. The molecular formula is C18H29N3O3. The number of nitrogens with zero attached hydrogens (tertiary/aromatic N) is 2. The Balaban J connectivity index is 1.54. The molecule has 0 aliphatic carbocycles. The number of hydrogen-bond donors (Lipinski definition) is 1. The second-order valence-electron chi connectivity index (χ2n) is 7.55. The number of carbonyl (C=O) groups is 1. The number of likely N-dealkylation sites (tertiary alicyclic amines) is 1. The van der Waals surface area contributed by atoms with E-state index in [2.05, 4.69) is 15.4 Å². The summed E-state index contributed by atoms with van der Waals surface area (Å²) >= 11 is 0. The molecule has 0 radical (unpaired) electrons. The van der Waals surface area contributed by atoms with Crippen LogP contribution in [0.15, 0.2) is 4.52 Å². The van der Waals surface area contributed by atoms with Gasteiger partial charge in [-0.05, 0) is 46.6 Å². The summed E-state index contributed by atoms with van der Waals surface area (Å²) in [6.45, 7) is 11.7. The lowest BCUT2D eigenvalue weighted by Gasteiger charge is -2.35. The molecule has 134 valence electrons. The number of amides is 1. The van der Waals surface area contributed by atoms with Crippen LogP contribution in [0.5, 0.6) is 0 Å². The first kappa shape index (κ1) is 17.4. The van der Waals surface area contributed by atoms with Crippen LogP contribution < -0.4 is 5.32 Å². The Bertz CT molecular complexity index is 565. The van der Waals surface area contributed by atoms with E-state index in [4.69, 9.17) is 9.26 Å². The third kappa shape index (κ3) is 3.81. The molecule has 24 heavy (non-hydrogen) atoms. The SMILES string of the molecule is Cc1noc(C)c1CN1CC[C@@H]2[C@@H](CO[C@H]2CC(=O)NC(C)C)C1. The molecule has 1 aromatic rings. The van der Waals surface area contributed by atoms with Gasteiger partial charge in [-0.3, -0.25) is 9.69 Å². The number of piperidine rings is 1. The quantitative estimate of drug-likeness (QED) is 0.892. The van der Waals surface area contributed by atoms with Crippen molar-refractivity contribution >= 4 is 5.91 Å². The number of rotatable bonds is 5. The minimum atomic E-state index is 0.0787. The predicted molar refractivity (Wildman–Crippen MR) is 90.5 cm³/mol. The van der Waals surface area contributed by atoms with E-state index in [0.29, 0.717) is 18.3 Å². The van der Waals surface area contributed by atoms with Crippen LogP contribution in [0.1, 0.15) is 43.7 Å². The average molecular weight is 335 g/mol. The van der Waals surface area contributed by atoms with E-state index < -0.39 is 0 Å². The number of aromatic nitrogens is 1. The van der Waals surface area contributed by atoms with Crippen molar-refractivity contribution in [3.63, 3.8) is 0 Å². The molecule has 2 aliphatic rings. The molecule has 3 rings (SSSR count).